The first-order valence-corrected chi connectivity index (χ1v) is 4.64. The SMILES string of the molecule is [C-]#[N+]C(C(=O)OCC)=C1CCOCC1. The van der Waals surface area contributed by atoms with E-state index in [1.54, 1.807) is 6.92 Å². The Hall–Kier alpha value is -1.34. The van der Waals surface area contributed by atoms with E-state index < -0.39 is 5.97 Å². The van der Waals surface area contributed by atoms with E-state index in [-0.39, 0.29) is 5.70 Å². The first-order valence-electron chi connectivity index (χ1n) is 4.64. The molecule has 0 amide bonds. The van der Waals surface area contributed by atoms with Gasteiger partial charge in [0.15, 0.2) is 0 Å². The second-order valence-corrected chi connectivity index (χ2v) is 2.90. The van der Waals surface area contributed by atoms with Crippen LogP contribution in [-0.2, 0) is 14.3 Å². The van der Waals surface area contributed by atoms with E-state index in [1.807, 2.05) is 0 Å². The highest BCUT2D eigenvalue weighted by Crippen LogP contribution is 2.19. The molecule has 1 aliphatic rings. The summed E-state index contributed by atoms with van der Waals surface area (Å²) in [6, 6.07) is 0. The molecule has 76 valence electrons. The number of esters is 1. The first kappa shape index (κ1) is 10.7. The fourth-order valence-corrected chi connectivity index (χ4v) is 1.32. The third kappa shape index (κ3) is 2.57. The third-order valence-corrected chi connectivity index (χ3v) is 2.01. The molecule has 1 saturated heterocycles. The Balaban J connectivity index is 2.77. The van der Waals surface area contributed by atoms with E-state index in [0.717, 1.165) is 5.57 Å². The van der Waals surface area contributed by atoms with Gasteiger partial charge in [-0.05, 0) is 19.8 Å². The molecule has 0 saturated carbocycles. The minimum absolute atomic E-state index is 0.148. The number of rotatable bonds is 2. The van der Waals surface area contributed by atoms with Gasteiger partial charge in [-0.3, -0.25) is 4.79 Å². The monoisotopic (exact) mass is 195 g/mol. The average Bonchev–Trinajstić information content (AvgIpc) is 2.21. The summed E-state index contributed by atoms with van der Waals surface area (Å²) in [4.78, 5) is 14.6. The van der Waals surface area contributed by atoms with E-state index in [1.165, 1.54) is 0 Å². The molecule has 1 fully saturated rings. The minimum atomic E-state index is -0.501. The molecule has 4 heteroatoms. The molecular formula is C10H13NO3. The lowest BCUT2D eigenvalue weighted by Gasteiger charge is -2.15. The van der Waals surface area contributed by atoms with Crippen LogP contribution in [0.15, 0.2) is 11.3 Å². The molecule has 0 aromatic rings. The molecule has 0 bridgehead atoms. The Morgan fingerprint density at radius 3 is 2.71 bits per heavy atom. The summed E-state index contributed by atoms with van der Waals surface area (Å²) in [6.45, 7) is 10.2. The maximum atomic E-state index is 11.3. The van der Waals surface area contributed by atoms with Crippen LogP contribution in [0.3, 0.4) is 0 Å². The molecule has 1 aliphatic heterocycles. The largest absolute Gasteiger partial charge is 0.471 e. The highest BCUT2D eigenvalue weighted by Gasteiger charge is 2.18. The van der Waals surface area contributed by atoms with Crippen LogP contribution in [0.25, 0.3) is 4.85 Å². The lowest BCUT2D eigenvalue weighted by atomic mass is 10.1. The van der Waals surface area contributed by atoms with Crippen LogP contribution in [0, 0.1) is 6.57 Å². The van der Waals surface area contributed by atoms with E-state index in [9.17, 15) is 4.79 Å². The van der Waals surface area contributed by atoms with Crippen molar-refractivity contribution >= 4 is 5.97 Å². The van der Waals surface area contributed by atoms with Crippen molar-refractivity contribution in [2.75, 3.05) is 19.8 Å². The summed E-state index contributed by atoms with van der Waals surface area (Å²) < 4.78 is 9.94. The van der Waals surface area contributed by atoms with Crippen LogP contribution in [0.1, 0.15) is 19.8 Å². The molecule has 0 N–H and O–H groups in total. The zero-order valence-corrected chi connectivity index (χ0v) is 8.21. The molecular weight excluding hydrogens is 182 g/mol. The smallest absolute Gasteiger partial charge is 0.336 e. The molecule has 1 rings (SSSR count). The van der Waals surface area contributed by atoms with Gasteiger partial charge in [0.05, 0.1) is 13.2 Å². The van der Waals surface area contributed by atoms with Crippen molar-refractivity contribution < 1.29 is 14.3 Å². The van der Waals surface area contributed by atoms with Crippen molar-refractivity contribution in [3.8, 4) is 0 Å². The zero-order valence-electron chi connectivity index (χ0n) is 8.21. The van der Waals surface area contributed by atoms with Crippen LogP contribution in [-0.4, -0.2) is 25.8 Å². The van der Waals surface area contributed by atoms with E-state index in [2.05, 4.69) is 4.85 Å². The maximum absolute atomic E-state index is 11.3. The lowest BCUT2D eigenvalue weighted by molar-refractivity contribution is -0.138. The van der Waals surface area contributed by atoms with Gasteiger partial charge in [-0.15, -0.1) is 0 Å². The molecule has 0 radical (unpaired) electrons. The first-order chi connectivity index (χ1) is 6.79. The number of hydrogen-bond donors (Lipinski definition) is 0. The molecule has 4 nitrogen and oxygen atoms in total. The average molecular weight is 195 g/mol. The summed E-state index contributed by atoms with van der Waals surface area (Å²) in [5, 5.41) is 0. The van der Waals surface area contributed by atoms with Crippen molar-refractivity contribution in [1.82, 2.24) is 0 Å². The normalized spacial score (nSPS) is 15.9. The Kier molecular flexibility index (Phi) is 4.14. The van der Waals surface area contributed by atoms with Gasteiger partial charge < -0.3 is 9.47 Å². The van der Waals surface area contributed by atoms with Crippen LogP contribution in [0.5, 0.6) is 0 Å². The van der Waals surface area contributed by atoms with Crippen LogP contribution in [0.4, 0.5) is 0 Å². The summed E-state index contributed by atoms with van der Waals surface area (Å²) >= 11 is 0. The molecule has 14 heavy (non-hydrogen) atoms. The number of ether oxygens (including phenoxy) is 2. The van der Waals surface area contributed by atoms with E-state index in [0.29, 0.717) is 32.7 Å². The molecule has 0 aliphatic carbocycles. The van der Waals surface area contributed by atoms with Crippen LogP contribution < -0.4 is 0 Å². The Bertz CT molecular complexity index is 280. The molecule has 0 spiro atoms. The third-order valence-electron chi connectivity index (χ3n) is 2.01. The van der Waals surface area contributed by atoms with Crippen LogP contribution in [0.2, 0.25) is 0 Å². The number of hydrogen-bond acceptors (Lipinski definition) is 3. The topological polar surface area (TPSA) is 39.9 Å². The van der Waals surface area contributed by atoms with E-state index in [4.69, 9.17) is 16.0 Å². The second-order valence-electron chi connectivity index (χ2n) is 2.90. The minimum Gasteiger partial charge on any atom is -0.471 e. The Morgan fingerprint density at radius 2 is 2.21 bits per heavy atom. The van der Waals surface area contributed by atoms with Crippen molar-refractivity contribution in [2.24, 2.45) is 0 Å². The summed E-state index contributed by atoms with van der Waals surface area (Å²) in [5.74, 6) is -0.501. The fraction of sp³-hybridized carbons (Fsp3) is 0.600. The molecule has 0 atom stereocenters. The van der Waals surface area contributed by atoms with Crippen molar-refractivity contribution in [3.63, 3.8) is 0 Å². The van der Waals surface area contributed by atoms with Gasteiger partial charge in [0, 0.05) is 13.2 Å². The van der Waals surface area contributed by atoms with Crippen molar-refractivity contribution in [2.45, 2.75) is 19.8 Å². The highest BCUT2D eigenvalue weighted by molar-refractivity contribution is 5.91. The predicted octanol–water partition coefficient (Wildman–Crippen LogP) is 1.53. The standard InChI is InChI=1S/C10H13NO3/c1-3-14-10(12)9(11-2)8-4-6-13-7-5-8/h3-7H2,1H3. The molecule has 0 aromatic heterocycles. The number of carbonyl (C=O) groups excluding carboxylic acids is 1. The van der Waals surface area contributed by atoms with E-state index >= 15 is 0 Å². The maximum Gasteiger partial charge on any atom is 0.336 e. The summed E-state index contributed by atoms with van der Waals surface area (Å²) in [5.41, 5.74) is 1.01. The van der Waals surface area contributed by atoms with Gasteiger partial charge in [-0.25, -0.2) is 4.85 Å². The van der Waals surface area contributed by atoms with Crippen molar-refractivity contribution in [1.29, 1.82) is 0 Å². The Labute approximate surface area is 83.3 Å². The fourth-order valence-electron chi connectivity index (χ4n) is 1.32. The lowest BCUT2D eigenvalue weighted by Crippen LogP contribution is -2.14. The number of carbonyl (C=O) groups is 1. The zero-order chi connectivity index (χ0) is 10.4. The predicted molar refractivity (Wildman–Crippen MR) is 50.3 cm³/mol. The van der Waals surface area contributed by atoms with Gasteiger partial charge in [0.25, 0.3) is 5.70 Å². The summed E-state index contributed by atoms with van der Waals surface area (Å²) in [6.07, 6.45) is 1.33. The Morgan fingerprint density at radius 1 is 1.57 bits per heavy atom. The van der Waals surface area contributed by atoms with Gasteiger partial charge in [-0.2, -0.15) is 0 Å². The summed E-state index contributed by atoms with van der Waals surface area (Å²) in [7, 11) is 0. The molecule has 1 heterocycles. The highest BCUT2D eigenvalue weighted by atomic mass is 16.5. The second kappa shape index (κ2) is 5.40. The van der Waals surface area contributed by atoms with Gasteiger partial charge in [0.2, 0.25) is 0 Å². The van der Waals surface area contributed by atoms with Gasteiger partial charge >= 0.3 is 5.97 Å². The molecule has 0 unspecified atom stereocenters. The van der Waals surface area contributed by atoms with Crippen molar-refractivity contribution in [3.05, 3.63) is 22.7 Å². The van der Waals surface area contributed by atoms with Gasteiger partial charge in [-0.1, -0.05) is 5.57 Å². The quantitative estimate of drug-likeness (QED) is 0.381. The van der Waals surface area contributed by atoms with Crippen LogP contribution >= 0.6 is 0 Å². The number of nitrogens with zero attached hydrogens (tertiary/aromatic N) is 1. The molecule has 0 aromatic carbocycles. The van der Waals surface area contributed by atoms with Gasteiger partial charge in [0.1, 0.15) is 0 Å².